The molecule has 1 heterocycles. The molecule has 0 spiro atoms. The highest BCUT2D eigenvalue weighted by Gasteiger charge is 2.02. The first kappa shape index (κ1) is 6.84. The molecule has 60 valence electrons. The number of nitrogens with one attached hydrogen (secondary N) is 1. The fourth-order valence-electron chi connectivity index (χ4n) is 1.04. The summed E-state index contributed by atoms with van der Waals surface area (Å²) in [6.07, 6.45) is 0.701. The number of hydrogen-bond acceptors (Lipinski definition) is 3. The average Bonchev–Trinajstić information content (AvgIpc) is 2.47. The fourth-order valence-corrected chi connectivity index (χ4v) is 1.04. The molecule has 0 atom stereocenters. The molecule has 2 aromatic rings. The zero-order valence-electron chi connectivity index (χ0n) is 6.03. The van der Waals surface area contributed by atoms with Gasteiger partial charge in [0, 0.05) is 5.56 Å². The zero-order valence-corrected chi connectivity index (χ0v) is 6.03. The van der Waals surface area contributed by atoms with E-state index in [1.807, 2.05) is 0 Å². The summed E-state index contributed by atoms with van der Waals surface area (Å²) in [6, 6.07) is 4.64. The lowest BCUT2D eigenvalue weighted by Crippen LogP contribution is -1.96. The second kappa shape index (κ2) is 2.34. The molecule has 0 saturated heterocycles. The van der Waals surface area contributed by atoms with Gasteiger partial charge in [-0.25, -0.2) is 0 Å². The Labute approximate surface area is 66.8 Å². The van der Waals surface area contributed by atoms with E-state index in [-0.39, 0.29) is 5.56 Å². The quantitative estimate of drug-likeness (QED) is 0.636. The van der Waals surface area contributed by atoms with Gasteiger partial charge in [0.2, 0.25) is 0 Å². The molecule has 2 rings (SSSR count). The van der Waals surface area contributed by atoms with Crippen molar-refractivity contribution in [1.82, 2.24) is 5.16 Å². The van der Waals surface area contributed by atoms with Gasteiger partial charge in [-0.3, -0.25) is 9.59 Å². The van der Waals surface area contributed by atoms with Crippen LogP contribution in [0, 0.1) is 0 Å². The lowest BCUT2D eigenvalue weighted by molar-refractivity contribution is 0.112. The van der Waals surface area contributed by atoms with Crippen molar-refractivity contribution in [3.8, 4) is 0 Å². The van der Waals surface area contributed by atoms with Crippen molar-refractivity contribution in [2.24, 2.45) is 0 Å². The number of fused-ring (bicyclic) bond motifs is 1. The Hall–Kier alpha value is -1.84. The number of hydrogen-bond donors (Lipinski definition) is 1. The summed E-state index contributed by atoms with van der Waals surface area (Å²) < 4.78 is 4.79. The smallest absolute Gasteiger partial charge is 0.287 e. The number of rotatable bonds is 1. The van der Waals surface area contributed by atoms with Crippen molar-refractivity contribution in [2.45, 2.75) is 0 Å². The molecule has 0 radical (unpaired) electrons. The van der Waals surface area contributed by atoms with Crippen LogP contribution in [0.5, 0.6) is 0 Å². The Morgan fingerprint density at radius 3 is 3.00 bits per heavy atom. The normalized spacial score (nSPS) is 10.3. The molecule has 1 aromatic heterocycles. The van der Waals surface area contributed by atoms with E-state index in [9.17, 15) is 9.59 Å². The van der Waals surface area contributed by atoms with Gasteiger partial charge in [0.25, 0.3) is 5.56 Å². The fraction of sp³-hybridized carbons (Fsp3) is 0. The number of aromatic nitrogens is 1. The van der Waals surface area contributed by atoms with E-state index in [2.05, 4.69) is 5.16 Å². The number of carbonyl (C=O) groups is 1. The predicted octanol–water partition coefficient (Wildman–Crippen LogP) is 0.934. The first-order valence-electron chi connectivity index (χ1n) is 3.37. The van der Waals surface area contributed by atoms with Gasteiger partial charge in [-0.15, -0.1) is 0 Å². The summed E-state index contributed by atoms with van der Waals surface area (Å²) in [5.74, 6) is 0. The molecule has 1 N–H and O–H groups in total. The summed E-state index contributed by atoms with van der Waals surface area (Å²) in [4.78, 5) is 21.3. The number of benzene rings is 1. The number of aromatic amines is 1. The van der Waals surface area contributed by atoms with Crippen LogP contribution in [0.25, 0.3) is 11.0 Å². The molecule has 4 nitrogen and oxygen atoms in total. The van der Waals surface area contributed by atoms with E-state index in [4.69, 9.17) is 4.52 Å². The van der Waals surface area contributed by atoms with Crippen molar-refractivity contribution >= 4 is 17.3 Å². The van der Waals surface area contributed by atoms with Crippen molar-refractivity contribution < 1.29 is 9.32 Å². The van der Waals surface area contributed by atoms with E-state index >= 15 is 0 Å². The number of aldehydes is 1. The van der Waals surface area contributed by atoms with Crippen LogP contribution in [0.3, 0.4) is 0 Å². The molecule has 0 aliphatic carbocycles. The van der Waals surface area contributed by atoms with Crippen LogP contribution >= 0.6 is 0 Å². The summed E-state index contributed by atoms with van der Waals surface area (Å²) in [5, 5.41) is 2.64. The topological polar surface area (TPSA) is 63.1 Å². The van der Waals surface area contributed by atoms with Crippen molar-refractivity contribution in [3.05, 3.63) is 34.1 Å². The second-order valence-corrected chi connectivity index (χ2v) is 2.41. The Kier molecular flexibility index (Phi) is 1.33. The van der Waals surface area contributed by atoms with E-state index in [1.54, 1.807) is 12.1 Å². The van der Waals surface area contributed by atoms with Crippen LogP contribution in [0.2, 0.25) is 0 Å². The molecule has 0 fully saturated rings. The van der Waals surface area contributed by atoms with Gasteiger partial charge < -0.3 is 4.52 Å². The van der Waals surface area contributed by atoms with Crippen LogP contribution in [0.1, 0.15) is 10.4 Å². The van der Waals surface area contributed by atoms with Gasteiger partial charge >= 0.3 is 0 Å². The van der Waals surface area contributed by atoms with Crippen molar-refractivity contribution in [2.75, 3.05) is 0 Å². The predicted molar refractivity (Wildman–Crippen MR) is 42.2 cm³/mol. The zero-order chi connectivity index (χ0) is 8.55. The van der Waals surface area contributed by atoms with Crippen LogP contribution in [0.4, 0.5) is 0 Å². The molecular weight excluding hydrogens is 158 g/mol. The average molecular weight is 163 g/mol. The molecule has 1 aromatic carbocycles. The Morgan fingerprint density at radius 1 is 1.42 bits per heavy atom. The van der Waals surface area contributed by atoms with Crippen LogP contribution in [-0.4, -0.2) is 11.4 Å². The van der Waals surface area contributed by atoms with Gasteiger partial charge in [-0.05, 0) is 12.1 Å². The summed E-state index contributed by atoms with van der Waals surface area (Å²) in [5.41, 5.74) is 0.622. The molecule has 4 heteroatoms. The Morgan fingerprint density at radius 2 is 2.25 bits per heavy atom. The highest BCUT2D eigenvalue weighted by molar-refractivity contribution is 5.84. The van der Waals surface area contributed by atoms with Gasteiger partial charge in [0.05, 0.1) is 5.39 Å². The minimum atomic E-state index is -0.276. The number of carbonyl (C=O) groups excluding carboxylic acids is 1. The third-order valence-electron chi connectivity index (χ3n) is 1.64. The molecular formula is C8H5NO3. The third-order valence-corrected chi connectivity index (χ3v) is 1.64. The molecule has 0 bridgehead atoms. The van der Waals surface area contributed by atoms with Gasteiger partial charge in [-0.2, -0.15) is 5.16 Å². The van der Waals surface area contributed by atoms with Gasteiger partial charge in [0.15, 0.2) is 5.58 Å². The van der Waals surface area contributed by atoms with Crippen LogP contribution in [0.15, 0.2) is 27.5 Å². The lowest BCUT2D eigenvalue weighted by Gasteiger charge is -1.86. The third kappa shape index (κ3) is 0.852. The SMILES string of the molecule is O=Cc1ccc2c(=O)[nH]oc2c1. The molecule has 12 heavy (non-hydrogen) atoms. The van der Waals surface area contributed by atoms with E-state index < -0.39 is 0 Å². The van der Waals surface area contributed by atoms with Crippen LogP contribution in [-0.2, 0) is 0 Å². The highest BCUT2D eigenvalue weighted by Crippen LogP contribution is 2.09. The largest absolute Gasteiger partial charge is 0.378 e. The maximum absolute atomic E-state index is 10.9. The van der Waals surface area contributed by atoms with Gasteiger partial charge in [0.1, 0.15) is 6.29 Å². The van der Waals surface area contributed by atoms with E-state index in [0.29, 0.717) is 22.8 Å². The summed E-state index contributed by atoms with van der Waals surface area (Å²) in [6.45, 7) is 0. The standard InChI is InChI=1S/C8H5NO3/c10-4-5-1-2-6-7(3-5)12-9-8(6)11/h1-4H,(H,9,11). The second-order valence-electron chi connectivity index (χ2n) is 2.41. The molecule has 0 aliphatic heterocycles. The Balaban J connectivity index is 2.86. The highest BCUT2D eigenvalue weighted by atomic mass is 16.5. The summed E-state index contributed by atoms with van der Waals surface area (Å²) >= 11 is 0. The maximum Gasteiger partial charge on any atom is 0.287 e. The minimum Gasteiger partial charge on any atom is -0.378 e. The first-order valence-corrected chi connectivity index (χ1v) is 3.37. The van der Waals surface area contributed by atoms with Crippen LogP contribution < -0.4 is 5.56 Å². The van der Waals surface area contributed by atoms with Crippen molar-refractivity contribution in [3.63, 3.8) is 0 Å². The molecule has 0 amide bonds. The maximum atomic E-state index is 10.9. The summed E-state index contributed by atoms with van der Waals surface area (Å²) in [7, 11) is 0. The molecule has 0 unspecified atom stereocenters. The van der Waals surface area contributed by atoms with E-state index in [1.165, 1.54) is 6.07 Å². The Bertz CT molecular complexity index is 480. The number of H-pyrrole nitrogens is 1. The molecule has 0 aliphatic rings. The van der Waals surface area contributed by atoms with E-state index in [0.717, 1.165) is 0 Å². The van der Waals surface area contributed by atoms with Crippen molar-refractivity contribution in [1.29, 1.82) is 0 Å². The lowest BCUT2D eigenvalue weighted by atomic mass is 10.2. The molecule has 0 saturated carbocycles. The first-order chi connectivity index (χ1) is 5.81. The monoisotopic (exact) mass is 163 g/mol. The minimum absolute atomic E-state index is 0.276. The van der Waals surface area contributed by atoms with Gasteiger partial charge in [-0.1, -0.05) is 6.07 Å².